The summed E-state index contributed by atoms with van der Waals surface area (Å²) in [4.78, 5) is 18.0. The Kier molecular flexibility index (Phi) is 5.99. The Labute approximate surface area is 184 Å². The van der Waals surface area contributed by atoms with E-state index in [1.165, 1.54) is 28.3 Å². The number of nitrogens with one attached hydrogen (secondary N) is 1. The molecule has 1 N–H and O–H groups in total. The van der Waals surface area contributed by atoms with Gasteiger partial charge >= 0.3 is 6.18 Å². The highest BCUT2D eigenvalue weighted by Crippen LogP contribution is 2.31. The molecule has 0 spiro atoms. The van der Waals surface area contributed by atoms with Crippen molar-refractivity contribution in [3.05, 3.63) is 75.7 Å². The molecule has 7 nitrogen and oxygen atoms in total. The number of thiazole rings is 1. The van der Waals surface area contributed by atoms with Gasteiger partial charge < -0.3 is 5.32 Å². The van der Waals surface area contributed by atoms with Crippen molar-refractivity contribution in [1.29, 1.82) is 0 Å². The first-order valence-corrected chi connectivity index (χ1v) is 10.4. The maximum Gasteiger partial charge on any atom is 0.416 e. The van der Waals surface area contributed by atoms with E-state index in [9.17, 15) is 18.0 Å². The van der Waals surface area contributed by atoms with E-state index in [-0.39, 0.29) is 30.3 Å². The molecule has 0 aliphatic heterocycles. The van der Waals surface area contributed by atoms with Gasteiger partial charge in [0.25, 0.3) is 0 Å². The molecule has 0 saturated heterocycles. The van der Waals surface area contributed by atoms with Gasteiger partial charge in [0.05, 0.1) is 17.7 Å². The number of benzene rings is 2. The van der Waals surface area contributed by atoms with Crippen LogP contribution in [0.5, 0.6) is 0 Å². The van der Waals surface area contributed by atoms with Crippen LogP contribution in [-0.2, 0) is 23.9 Å². The Morgan fingerprint density at radius 1 is 1.16 bits per heavy atom. The molecule has 2 heterocycles. The molecule has 4 rings (SSSR count). The van der Waals surface area contributed by atoms with E-state index in [1.54, 1.807) is 5.38 Å². The predicted octanol–water partition coefficient (Wildman–Crippen LogP) is 4.35. The SMILES string of the molecule is Cc1ccccc1NC(=O)Cc1nc(Cn2nnc(-c3cccc(C(F)(F)F)c3)n2)cs1. The number of anilines is 1. The fourth-order valence-corrected chi connectivity index (χ4v) is 3.74. The van der Waals surface area contributed by atoms with Crippen molar-refractivity contribution in [3.63, 3.8) is 0 Å². The number of tetrazole rings is 1. The second-order valence-electron chi connectivity index (χ2n) is 6.99. The molecule has 0 unspecified atom stereocenters. The molecule has 0 bridgehead atoms. The fraction of sp³-hybridized carbons (Fsp3) is 0.190. The van der Waals surface area contributed by atoms with Gasteiger partial charge in [-0.15, -0.1) is 21.5 Å². The zero-order valence-electron chi connectivity index (χ0n) is 16.8. The van der Waals surface area contributed by atoms with Gasteiger partial charge in [-0.1, -0.05) is 30.3 Å². The van der Waals surface area contributed by atoms with Crippen LogP contribution in [0, 0.1) is 6.92 Å². The molecule has 164 valence electrons. The van der Waals surface area contributed by atoms with Crippen LogP contribution >= 0.6 is 11.3 Å². The average Bonchev–Trinajstić information content (AvgIpc) is 3.39. The number of alkyl halides is 3. The van der Waals surface area contributed by atoms with Crippen molar-refractivity contribution >= 4 is 22.9 Å². The molecule has 32 heavy (non-hydrogen) atoms. The summed E-state index contributed by atoms with van der Waals surface area (Å²) < 4.78 is 38.7. The van der Waals surface area contributed by atoms with Crippen molar-refractivity contribution in [2.24, 2.45) is 0 Å². The third-order valence-electron chi connectivity index (χ3n) is 4.53. The highest BCUT2D eigenvalue weighted by Gasteiger charge is 2.30. The molecule has 0 aliphatic carbocycles. The number of amides is 1. The lowest BCUT2D eigenvalue weighted by molar-refractivity contribution is -0.137. The van der Waals surface area contributed by atoms with Crippen LogP contribution in [0.1, 0.15) is 21.8 Å². The minimum atomic E-state index is -4.45. The molecule has 0 radical (unpaired) electrons. The van der Waals surface area contributed by atoms with Gasteiger partial charge in [0.2, 0.25) is 11.7 Å². The molecule has 0 fully saturated rings. The van der Waals surface area contributed by atoms with Gasteiger partial charge in [0.1, 0.15) is 11.6 Å². The van der Waals surface area contributed by atoms with Crippen LogP contribution in [0.2, 0.25) is 0 Å². The predicted molar refractivity (Wildman–Crippen MR) is 113 cm³/mol. The van der Waals surface area contributed by atoms with Gasteiger partial charge in [0.15, 0.2) is 0 Å². The van der Waals surface area contributed by atoms with E-state index < -0.39 is 11.7 Å². The summed E-state index contributed by atoms with van der Waals surface area (Å²) in [6, 6.07) is 12.2. The lowest BCUT2D eigenvalue weighted by Crippen LogP contribution is -2.15. The fourth-order valence-electron chi connectivity index (χ4n) is 2.95. The van der Waals surface area contributed by atoms with Gasteiger partial charge in [0, 0.05) is 16.6 Å². The summed E-state index contributed by atoms with van der Waals surface area (Å²) in [5.41, 5.74) is 1.79. The largest absolute Gasteiger partial charge is 0.416 e. The summed E-state index contributed by atoms with van der Waals surface area (Å²) in [6.45, 7) is 2.09. The molecule has 2 aromatic heterocycles. The van der Waals surface area contributed by atoms with Crippen LogP contribution < -0.4 is 5.32 Å². The first kappa shape index (κ1) is 21.6. The third-order valence-corrected chi connectivity index (χ3v) is 5.43. The Morgan fingerprint density at radius 3 is 2.75 bits per heavy atom. The minimum absolute atomic E-state index is 0.0872. The number of hydrogen-bond acceptors (Lipinski definition) is 6. The van der Waals surface area contributed by atoms with Crippen LogP contribution in [0.4, 0.5) is 18.9 Å². The summed E-state index contributed by atoms with van der Waals surface area (Å²) in [7, 11) is 0. The second kappa shape index (κ2) is 8.87. The molecule has 4 aromatic rings. The normalized spacial score (nSPS) is 11.5. The van der Waals surface area contributed by atoms with Gasteiger partial charge in [-0.2, -0.15) is 18.0 Å². The monoisotopic (exact) mass is 458 g/mol. The number of nitrogens with zero attached hydrogens (tertiary/aromatic N) is 5. The summed E-state index contributed by atoms with van der Waals surface area (Å²) in [5.74, 6) is -0.0879. The lowest BCUT2D eigenvalue weighted by atomic mass is 10.1. The summed E-state index contributed by atoms with van der Waals surface area (Å²) >= 11 is 1.33. The van der Waals surface area contributed by atoms with Crippen LogP contribution in [0.15, 0.2) is 53.9 Å². The zero-order valence-corrected chi connectivity index (χ0v) is 17.6. The minimum Gasteiger partial charge on any atom is -0.325 e. The third kappa shape index (κ3) is 5.17. The second-order valence-corrected chi connectivity index (χ2v) is 7.94. The Hall–Kier alpha value is -3.60. The number of rotatable bonds is 6. The number of halogens is 3. The van der Waals surface area contributed by atoms with Crippen molar-refractivity contribution in [2.75, 3.05) is 5.32 Å². The highest BCUT2D eigenvalue weighted by molar-refractivity contribution is 7.09. The van der Waals surface area contributed by atoms with E-state index in [0.29, 0.717) is 10.7 Å². The summed E-state index contributed by atoms with van der Waals surface area (Å²) in [5, 5.41) is 17.2. The van der Waals surface area contributed by atoms with Crippen LogP contribution in [-0.4, -0.2) is 31.1 Å². The van der Waals surface area contributed by atoms with E-state index in [1.807, 2.05) is 31.2 Å². The molecule has 0 aliphatic rings. The highest BCUT2D eigenvalue weighted by atomic mass is 32.1. The molecular weight excluding hydrogens is 441 g/mol. The first-order chi connectivity index (χ1) is 15.3. The lowest BCUT2D eigenvalue weighted by Gasteiger charge is -2.06. The Bertz CT molecular complexity index is 1250. The van der Waals surface area contributed by atoms with E-state index >= 15 is 0 Å². The van der Waals surface area contributed by atoms with E-state index in [0.717, 1.165) is 23.4 Å². The molecule has 0 saturated carbocycles. The average molecular weight is 458 g/mol. The van der Waals surface area contributed by atoms with Crippen LogP contribution in [0.25, 0.3) is 11.4 Å². The summed E-state index contributed by atoms with van der Waals surface area (Å²) in [6.07, 6.45) is -4.33. The number of para-hydroxylation sites is 1. The van der Waals surface area contributed by atoms with Crippen LogP contribution in [0.3, 0.4) is 0 Å². The number of carbonyl (C=O) groups is 1. The molecule has 1 amide bonds. The maximum absolute atomic E-state index is 12.9. The van der Waals surface area contributed by atoms with Gasteiger partial charge in [-0.05, 0) is 35.9 Å². The van der Waals surface area contributed by atoms with Crippen molar-refractivity contribution in [2.45, 2.75) is 26.1 Å². The van der Waals surface area contributed by atoms with Crippen molar-refractivity contribution < 1.29 is 18.0 Å². The molecule has 2 aromatic carbocycles. The van der Waals surface area contributed by atoms with Gasteiger partial charge in [-0.25, -0.2) is 4.98 Å². The van der Waals surface area contributed by atoms with Crippen molar-refractivity contribution in [3.8, 4) is 11.4 Å². The smallest absolute Gasteiger partial charge is 0.325 e. The van der Waals surface area contributed by atoms with E-state index in [4.69, 9.17) is 0 Å². The van der Waals surface area contributed by atoms with Gasteiger partial charge in [-0.3, -0.25) is 4.79 Å². The zero-order chi connectivity index (χ0) is 22.7. The molecule has 0 atom stereocenters. The number of aryl methyl sites for hydroxylation is 1. The van der Waals surface area contributed by atoms with Crippen molar-refractivity contribution in [1.82, 2.24) is 25.2 Å². The number of aromatic nitrogens is 5. The Balaban J connectivity index is 1.40. The number of carbonyl (C=O) groups excluding carboxylic acids is 1. The van der Waals surface area contributed by atoms with E-state index in [2.05, 4.69) is 25.7 Å². The maximum atomic E-state index is 12.9. The molecular formula is C21H17F3N6OS. The topological polar surface area (TPSA) is 85.6 Å². The number of hydrogen-bond donors (Lipinski definition) is 1. The Morgan fingerprint density at radius 2 is 1.97 bits per heavy atom. The molecule has 11 heteroatoms. The standard InChI is InChI=1S/C21H17F3N6OS/c1-13-5-2-3-8-17(13)26-18(31)10-19-25-16(12-32-19)11-30-28-20(27-29-30)14-6-4-7-15(9-14)21(22,23)24/h2-9,12H,10-11H2,1H3,(H,26,31). The first-order valence-electron chi connectivity index (χ1n) is 9.52. The quantitative estimate of drug-likeness (QED) is 0.464.